The number of ether oxygens (including phenoxy) is 3. The van der Waals surface area contributed by atoms with Crippen LogP contribution in [0.4, 0.5) is 0 Å². The third-order valence-corrected chi connectivity index (χ3v) is 13.4. The van der Waals surface area contributed by atoms with Crippen molar-refractivity contribution in [3.05, 3.63) is 24.3 Å². The highest BCUT2D eigenvalue weighted by Gasteiger charge is 2.19. The van der Waals surface area contributed by atoms with E-state index < -0.39 is 6.10 Å². The highest BCUT2D eigenvalue weighted by molar-refractivity contribution is 5.71. The summed E-state index contributed by atoms with van der Waals surface area (Å²) in [6, 6.07) is 0. The first kappa shape index (κ1) is 64.9. The molecule has 0 aliphatic carbocycles. The first-order valence-electron chi connectivity index (χ1n) is 29.8. The van der Waals surface area contributed by atoms with Crippen LogP contribution in [0.15, 0.2) is 24.3 Å². The third kappa shape index (κ3) is 54.7. The van der Waals surface area contributed by atoms with Gasteiger partial charge in [0.15, 0.2) is 6.10 Å². The lowest BCUT2D eigenvalue weighted by atomic mass is 10.0. The molecule has 0 aromatic carbocycles. The fourth-order valence-electron chi connectivity index (χ4n) is 8.91. The van der Waals surface area contributed by atoms with E-state index in [-0.39, 0.29) is 31.1 Å². The van der Waals surface area contributed by atoms with Gasteiger partial charge in [-0.25, -0.2) is 0 Å². The Morgan fingerprint density at radius 1 is 0.284 bits per heavy atom. The summed E-state index contributed by atoms with van der Waals surface area (Å²) < 4.78 is 16.9. The van der Waals surface area contributed by atoms with Gasteiger partial charge in [0.25, 0.3) is 0 Å². The van der Waals surface area contributed by atoms with Gasteiger partial charge in [-0.1, -0.05) is 263 Å². The van der Waals surface area contributed by atoms with Crippen molar-refractivity contribution in [1.29, 1.82) is 0 Å². The van der Waals surface area contributed by atoms with Gasteiger partial charge >= 0.3 is 17.9 Å². The standard InChI is InChI=1S/C61H114O6/c1-4-7-10-13-16-19-22-25-27-28-29-30-31-32-34-36-39-42-45-48-51-54-60(63)66-57-58(56-65-59(62)53-50-47-44-41-38-35-24-21-18-15-12-9-6-3)67-61(64)55-52-49-46-43-40-37-33-26-23-20-17-14-11-8-5-2/h21,24,26,33,58H,4-20,22-23,25,27-32,34-57H2,1-3H3/b24-21-,33-26-. The molecule has 0 bridgehead atoms. The van der Waals surface area contributed by atoms with Crippen LogP contribution >= 0.6 is 0 Å². The maximum Gasteiger partial charge on any atom is 0.306 e. The van der Waals surface area contributed by atoms with Crippen LogP contribution < -0.4 is 0 Å². The number of allylic oxidation sites excluding steroid dienone is 4. The average Bonchev–Trinajstić information content (AvgIpc) is 3.33. The van der Waals surface area contributed by atoms with Crippen LogP contribution in [0, 0.1) is 0 Å². The summed E-state index contributed by atoms with van der Waals surface area (Å²) in [4.78, 5) is 38.1. The molecule has 67 heavy (non-hydrogen) atoms. The highest BCUT2D eigenvalue weighted by Crippen LogP contribution is 2.17. The van der Waals surface area contributed by atoms with Crippen molar-refractivity contribution in [2.75, 3.05) is 13.2 Å². The van der Waals surface area contributed by atoms with Crippen LogP contribution in [-0.2, 0) is 28.6 Å². The van der Waals surface area contributed by atoms with E-state index in [1.54, 1.807) is 0 Å². The average molecular weight is 944 g/mol. The predicted octanol–water partition coefficient (Wildman–Crippen LogP) is 19.9. The van der Waals surface area contributed by atoms with Gasteiger partial charge in [-0.05, 0) is 70.6 Å². The summed E-state index contributed by atoms with van der Waals surface area (Å²) in [5.41, 5.74) is 0. The number of hydrogen-bond acceptors (Lipinski definition) is 6. The fraction of sp³-hybridized carbons (Fsp3) is 0.885. The second-order valence-corrected chi connectivity index (χ2v) is 20.3. The molecule has 0 radical (unpaired) electrons. The Bertz CT molecular complexity index is 1080. The zero-order chi connectivity index (χ0) is 48.6. The Morgan fingerprint density at radius 2 is 0.493 bits per heavy atom. The van der Waals surface area contributed by atoms with Gasteiger partial charge in [-0.2, -0.15) is 0 Å². The van der Waals surface area contributed by atoms with Gasteiger partial charge in [0.2, 0.25) is 0 Å². The monoisotopic (exact) mass is 943 g/mol. The lowest BCUT2D eigenvalue weighted by Gasteiger charge is -2.18. The summed E-state index contributed by atoms with van der Waals surface area (Å²) >= 11 is 0. The lowest BCUT2D eigenvalue weighted by molar-refractivity contribution is -0.167. The molecule has 0 fully saturated rings. The van der Waals surface area contributed by atoms with Gasteiger partial charge < -0.3 is 14.2 Å². The first-order chi connectivity index (χ1) is 33.0. The first-order valence-corrected chi connectivity index (χ1v) is 29.8. The van der Waals surface area contributed by atoms with Crippen molar-refractivity contribution in [2.24, 2.45) is 0 Å². The molecule has 0 rings (SSSR count). The molecular formula is C61H114O6. The largest absolute Gasteiger partial charge is 0.462 e. The predicted molar refractivity (Wildman–Crippen MR) is 289 cm³/mol. The Hall–Kier alpha value is -2.11. The Balaban J connectivity index is 4.28. The zero-order valence-corrected chi connectivity index (χ0v) is 45.2. The van der Waals surface area contributed by atoms with E-state index >= 15 is 0 Å². The number of carbonyl (C=O) groups excluding carboxylic acids is 3. The summed E-state index contributed by atoms with van der Waals surface area (Å²) in [5.74, 6) is -0.870. The molecule has 0 aliphatic heterocycles. The molecule has 1 atom stereocenters. The summed E-state index contributed by atoms with van der Waals surface area (Å²) in [5, 5.41) is 0. The van der Waals surface area contributed by atoms with E-state index in [1.165, 1.54) is 218 Å². The second-order valence-electron chi connectivity index (χ2n) is 20.3. The summed E-state index contributed by atoms with van der Waals surface area (Å²) in [6.07, 6.45) is 66.0. The highest BCUT2D eigenvalue weighted by atomic mass is 16.6. The normalized spacial score (nSPS) is 12.1. The van der Waals surface area contributed by atoms with E-state index in [0.29, 0.717) is 19.3 Å². The minimum atomic E-state index is -0.775. The minimum Gasteiger partial charge on any atom is -0.462 e. The number of carbonyl (C=O) groups is 3. The molecule has 0 saturated carbocycles. The van der Waals surface area contributed by atoms with E-state index in [4.69, 9.17) is 14.2 Å². The molecule has 0 aromatic heterocycles. The molecule has 6 heteroatoms. The van der Waals surface area contributed by atoms with E-state index in [0.717, 1.165) is 70.6 Å². The number of esters is 3. The number of hydrogen-bond donors (Lipinski definition) is 0. The van der Waals surface area contributed by atoms with Crippen LogP contribution in [0.25, 0.3) is 0 Å². The van der Waals surface area contributed by atoms with Crippen LogP contribution in [0.5, 0.6) is 0 Å². The van der Waals surface area contributed by atoms with Crippen molar-refractivity contribution in [1.82, 2.24) is 0 Å². The van der Waals surface area contributed by atoms with Crippen LogP contribution in [0.1, 0.15) is 329 Å². The Labute approximate surface area is 417 Å². The lowest BCUT2D eigenvalue weighted by Crippen LogP contribution is -2.30. The SMILES string of the molecule is CCCCCC/C=C\CCCCCCCC(=O)OCC(COC(=O)CCCCCCCCCCCCCCCCCCCCCCC)OC(=O)CCCCCCC/C=C\CCCCCCCC. The van der Waals surface area contributed by atoms with Crippen molar-refractivity contribution in [2.45, 2.75) is 335 Å². The van der Waals surface area contributed by atoms with E-state index in [2.05, 4.69) is 45.1 Å². The molecule has 0 heterocycles. The van der Waals surface area contributed by atoms with Crippen molar-refractivity contribution in [3.8, 4) is 0 Å². The molecular weight excluding hydrogens is 829 g/mol. The molecule has 0 saturated heterocycles. The second kappa shape index (κ2) is 56.5. The van der Waals surface area contributed by atoms with E-state index in [1.807, 2.05) is 0 Å². The zero-order valence-electron chi connectivity index (χ0n) is 45.2. The molecule has 1 unspecified atom stereocenters. The van der Waals surface area contributed by atoms with Gasteiger partial charge in [-0.3, -0.25) is 14.4 Å². The summed E-state index contributed by atoms with van der Waals surface area (Å²) in [7, 11) is 0. The van der Waals surface area contributed by atoms with E-state index in [9.17, 15) is 14.4 Å². The maximum atomic E-state index is 12.8. The Morgan fingerprint density at radius 3 is 0.761 bits per heavy atom. The fourth-order valence-corrected chi connectivity index (χ4v) is 8.91. The topological polar surface area (TPSA) is 78.9 Å². The maximum absolute atomic E-state index is 12.8. The van der Waals surface area contributed by atoms with Gasteiger partial charge in [0, 0.05) is 19.3 Å². The van der Waals surface area contributed by atoms with Crippen molar-refractivity contribution >= 4 is 17.9 Å². The molecule has 0 spiro atoms. The Kier molecular flexibility index (Phi) is 54.7. The third-order valence-electron chi connectivity index (χ3n) is 13.4. The molecule has 0 aliphatic rings. The molecule has 394 valence electrons. The molecule has 0 N–H and O–H groups in total. The van der Waals surface area contributed by atoms with Crippen LogP contribution in [0.2, 0.25) is 0 Å². The number of unbranched alkanes of at least 4 members (excludes halogenated alkanes) is 40. The minimum absolute atomic E-state index is 0.0727. The summed E-state index contributed by atoms with van der Waals surface area (Å²) in [6.45, 7) is 6.66. The molecule has 0 amide bonds. The molecule has 6 nitrogen and oxygen atoms in total. The van der Waals surface area contributed by atoms with Crippen molar-refractivity contribution in [3.63, 3.8) is 0 Å². The quantitative estimate of drug-likeness (QED) is 0.0262. The van der Waals surface area contributed by atoms with Gasteiger partial charge in [-0.15, -0.1) is 0 Å². The molecule has 0 aromatic rings. The number of rotatable bonds is 55. The van der Waals surface area contributed by atoms with Gasteiger partial charge in [0.05, 0.1) is 0 Å². The van der Waals surface area contributed by atoms with Crippen molar-refractivity contribution < 1.29 is 28.6 Å². The van der Waals surface area contributed by atoms with Crippen LogP contribution in [0.3, 0.4) is 0 Å². The van der Waals surface area contributed by atoms with Gasteiger partial charge in [0.1, 0.15) is 13.2 Å². The van der Waals surface area contributed by atoms with Crippen LogP contribution in [-0.4, -0.2) is 37.2 Å². The smallest absolute Gasteiger partial charge is 0.306 e.